The molecule has 0 fully saturated rings. The quantitative estimate of drug-likeness (QED) is 0.123. The second-order valence-corrected chi connectivity index (χ2v) is 14.8. The summed E-state index contributed by atoms with van der Waals surface area (Å²) in [5.74, 6) is 2.37. The van der Waals surface area contributed by atoms with Gasteiger partial charge < -0.3 is 4.74 Å². The molecule has 6 aromatic carbocycles. The first-order chi connectivity index (χ1) is 26.3. The van der Waals surface area contributed by atoms with Crippen LogP contribution in [0.5, 0.6) is 11.5 Å². The van der Waals surface area contributed by atoms with Crippen molar-refractivity contribution in [1.29, 1.82) is 0 Å². The molecule has 5 heteroatoms. The molecular formula is C49H40N4O. The van der Waals surface area contributed by atoms with Crippen LogP contribution in [0.15, 0.2) is 170 Å². The zero-order valence-electron chi connectivity index (χ0n) is 30.9. The maximum atomic E-state index is 6.78. The number of hydrogen-bond acceptors (Lipinski definition) is 2. The number of fused-ring (bicyclic) bond motifs is 3. The zero-order valence-corrected chi connectivity index (χ0v) is 30.9. The molecule has 3 heterocycles. The highest BCUT2D eigenvalue weighted by Gasteiger charge is 2.19. The summed E-state index contributed by atoms with van der Waals surface area (Å²) in [5.41, 5.74) is 11.2. The van der Waals surface area contributed by atoms with Crippen molar-refractivity contribution >= 4 is 21.8 Å². The molecule has 0 unspecified atom stereocenters. The van der Waals surface area contributed by atoms with E-state index in [9.17, 15) is 0 Å². The number of ether oxygens (including phenoxy) is 1. The number of para-hydroxylation sites is 1. The Labute approximate surface area is 316 Å². The van der Waals surface area contributed by atoms with Gasteiger partial charge in [-0.3, -0.25) is 13.7 Å². The molecule has 0 N–H and O–H groups in total. The summed E-state index contributed by atoms with van der Waals surface area (Å²) >= 11 is 0. The van der Waals surface area contributed by atoms with Gasteiger partial charge in [-0.1, -0.05) is 112 Å². The fraction of sp³-hybridized carbons (Fsp3) is 0.102. The maximum Gasteiger partial charge on any atom is 0.268 e. The Morgan fingerprint density at radius 3 is 2.17 bits per heavy atom. The van der Waals surface area contributed by atoms with E-state index in [-0.39, 0.29) is 5.41 Å². The minimum atomic E-state index is -0.00630. The van der Waals surface area contributed by atoms with Gasteiger partial charge in [0.15, 0.2) is 0 Å². The lowest BCUT2D eigenvalue weighted by atomic mass is 9.88. The monoisotopic (exact) mass is 700 g/mol. The van der Waals surface area contributed by atoms with E-state index in [2.05, 4.69) is 195 Å². The lowest BCUT2D eigenvalue weighted by Crippen LogP contribution is -2.29. The Hall–Kier alpha value is -6.72. The molecule has 0 saturated carbocycles. The van der Waals surface area contributed by atoms with E-state index in [0.29, 0.717) is 0 Å². The lowest BCUT2D eigenvalue weighted by Gasteiger charge is -2.20. The number of imidazole rings is 1. The Bertz CT molecular complexity index is 2790. The summed E-state index contributed by atoms with van der Waals surface area (Å²) < 4.78 is 13.1. The van der Waals surface area contributed by atoms with Crippen molar-refractivity contribution in [2.45, 2.75) is 33.1 Å². The molecule has 54 heavy (non-hydrogen) atoms. The molecular weight excluding hydrogens is 661 g/mol. The first-order valence-electron chi connectivity index (χ1n) is 18.4. The molecule has 0 aliphatic rings. The van der Waals surface area contributed by atoms with E-state index in [0.717, 1.165) is 56.2 Å². The van der Waals surface area contributed by atoms with Crippen LogP contribution in [0.3, 0.4) is 0 Å². The number of rotatable bonds is 7. The van der Waals surface area contributed by atoms with Crippen LogP contribution >= 0.6 is 0 Å². The number of benzene rings is 6. The molecule has 0 atom stereocenters. The van der Waals surface area contributed by atoms with E-state index in [1.807, 2.05) is 23.0 Å². The predicted octanol–water partition coefficient (Wildman–Crippen LogP) is 11.8. The van der Waals surface area contributed by atoms with Gasteiger partial charge in [0.1, 0.15) is 17.3 Å². The fourth-order valence-corrected chi connectivity index (χ4v) is 7.39. The average molecular weight is 701 g/mol. The van der Waals surface area contributed by atoms with Crippen LogP contribution in [0.1, 0.15) is 31.9 Å². The Morgan fingerprint density at radius 2 is 1.37 bits per heavy atom. The van der Waals surface area contributed by atoms with Gasteiger partial charge >= 0.3 is 0 Å². The number of aromatic nitrogens is 4. The molecule has 5 nitrogen and oxygen atoms in total. The van der Waals surface area contributed by atoms with Gasteiger partial charge in [0.05, 0.1) is 22.4 Å². The molecule has 0 radical (unpaired) electrons. The predicted molar refractivity (Wildman–Crippen MR) is 219 cm³/mol. The van der Waals surface area contributed by atoms with E-state index in [1.54, 1.807) is 0 Å². The Morgan fingerprint density at radius 1 is 0.630 bits per heavy atom. The van der Waals surface area contributed by atoms with Gasteiger partial charge in [-0.15, -0.1) is 0 Å². The van der Waals surface area contributed by atoms with Crippen LogP contribution < -0.4 is 9.30 Å². The largest absolute Gasteiger partial charge is 0.458 e. The van der Waals surface area contributed by atoms with Gasteiger partial charge in [-0.2, -0.15) is 0 Å². The topological polar surface area (TPSA) is 35.9 Å². The highest BCUT2D eigenvalue weighted by Crippen LogP contribution is 2.37. The van der Waals surface area contributed by atoms with E-state index < -0.39 is 0 Å². The minimum absolute atomic E-state index is 0.00630. The molecule has 262 valence electrons. The van der Waals surface area contributed by atoms with Crippen LogP contribution in [-0.4, -0.2) is 14.1 Å². The first-order valence-corrected chi connectivity index (χ1v) is 18.4. The molecule has 0 bridgehead atoms. The van der Waals surface area contributed by atoms with Crippen molar-refractivity contribution in [1.82, 2.24) is 14.1 Å². The van der Waals surface area contributed by atoms with Crippen LogP contribution in [0.4, 0.5) is 0 Å². The minimum Gasteiger partial charge on any atom is -0.458 e. The third kappa shape index (κ3) is 6.14. The van der Waals surface area contributed by atoms with Crippen molar-refractivity contribution in [2.24, 2.45) is 0 Å². The van der Waals surface area contributed by atoms with Gasteiger partial charge in [0.25, 0.3) is 6.33 Å². The molecule has 0 saturated heterocycles. The van der Waals surface area contributed by atoms with E-state index in [1.165, 1.54) is 27.6 Å². The summed E-state index contributed by atoms with van der Waals surface area (Å²) in [6.07, 6.45) is 9.60. The number of hydrogen-bond donors (Lipinski definition) is 0. The summed E-state index contributed by atoms with van der Waals surface area (Å²) in [7, 11) is 0. The maximum absolute atomic E-state index is 6.78. The SMILES string of the molecule is Cc1c(-c2ccccc2)cccc1-[n+]1[c-]n(-c2cc(Oc3ccc4c5ccccc5n(-c5cc(C(C)(C)C)ccn5)c4c3)cc(-c3ccccc3)c2)cc1. The van der Waals surface area contributed by atoms with Gasteiger partial charge in [-0.25, -0.2) is 4.98 Å². The van der Waals surface area contributed by atoms with Crippen LogP contribution in [0.25, 0.3) is 61.3 Å². The van der Waals surface area contributed by atoms with Crippen LogP contribution in [0.2, 0.25) is 0 Å². The highest BCUT2D eigenvalue weighted by molar-refractivity contribution is 6.09. The van der Waals surface area contributed by atoms with Crippen molar-refractivity contribution < 1.29 is 9.30 Å². The lowest BCUT2D eigenvalue weighted by molar-refractivity contribution is -0.599. The van der Waals surface area contributed by atoms with Crippen LogP contribution in [-0.2, 0) is 5.41 Å². The molecule has 0 aliphatic carbocycles. The fourth-order valence-electron chi connectivity index (χ4n) is 7.39. The molecule has 9 rings (SSSR count). The van der Waals surface area contributed by atoms with Gasteiger partial charge in [0.2, 0.25) is 0 Å². The first kappa shape index (κ1) is 33.1. The molecule has 9 aromatic rings. The number of pyridine rings is 1. The smallest absolute Gasteiger partial charge is 0.268 e. The van der Waals surface area contributed by atoms with Crippen LogP contribution in [0, 0.1) is 13.3 Å². The van der Waals surface area contributed by atoms with Crippen molar-refractivity contribution in [3.05, 3.63) is 188 Å². The van der Waals surface area contributed by atoms with Crippen molar-refractivity contribution in [3.8, 4) is 50.9 Å². The standard InChI is InChI=1S/C49H40N4O/c1-34-42(36-16-9-6-10-17-36)19-13-21-45(34)52-27-26-51(33-52)39-28-37(35-14-7-5-8-15-35)29-41(31-39)54-40-22-23-44-43-18-11-12-20-46(43)53(47(44)32-40)48-30-38(24-25-50-48)49(2,3)4/h5-32H,1-4H3. The van der Waals surface area contributed by atoms with E-state index >= 15 is 0 Å². The molecule has 0 aliphatic heterocycles. The summed E-state index contributed by atoms with van der Waals surface area (Å²) in [5, 5.41) is 2.33. The third-order valence-corrected chi connectivity index (χ3v) is 10.2. The second kappa shape index (κ2) is 13.4. The van der Waals surface area contributed by atoms with Gasteiger partial charge in [-0.05, 0) is 100 Å². The Balaban J connectivity index is 1.13. The summed E-state index contributed by atoms with van der Waals surface area (Å²) in [6.45, 7) is 8.87. The normalized spacial score (nSPS) is 11.7. The second-order valence-electron chi connectivity index (χ2n) is 14.8. The molecule has 0 spiro atoms. The third-order valence-electron chi connectivity index (χ3n) is 10.2. The molecule has 0 amide bonds. The van der Waals surface area contributed by atoms with Crippen molar-refractivity contribution in [3.63, 3.8) is 0 Å². The van der Waals surface area contributed by atoms with Crippen molar-refractivity contribution in [2.75, 3.05) is 0 Å². The van der Waals surface area contributed by atoms with E-state index in [4.69, 9.17) is 9.72 Å². The van der Waals surface area contributed by atoms with Gasteiger partial charge in [0, 0.05) is 35.4 Å². The summed E-state index contributed by atoms with van der Waals surface area (Å²) in [6, 6.07) is 52.9. The number of nitrogens with zero attached hydrogens (tertiary/aromatic N) is 4. The zero-order chi connectivity index (χ0) is 36.8. The average Bonchev–Trinajstić information content (AvgIpc) is 3.82. The highest BCUT2D eigenvalue weighted by atomic mass is 16.5. The Kier molecular flexibility index (Phi) is 8.20. The summed E-state index contributed by atoms with van der Waals surface area (Å²) in [4.78, 5) is 4.86. The molecule has 3 aromatic heterocycles.